The van der Waals surface area contributed by atoms with Gasteiger partial charge in [-0.05, 0) is 183 Å². The van der Waals surface area contributed by atoms with Crippen molar-refractivity contribution in [2.45, 2.75) is 0 Å². The van der Waals surface area contributed by atoms with Crippen LogP contribution in [0.4, 0.5) is 96.7 Å². The maximum absolute atomic E-state index is 4.05. The molecular weight excluding hydrogens is 1070 g/mol. The molecule has 410 valence electrons. The van der Waals surface area contributed by atoms with E-state index in [1.165, 1.54) is 66.3 Å². The van der Waals surface area contributed by atoms with Crippen LogP contribution in [0, 0.1) is 0 Å². The van der Waals surface area contributed by atoms with Crippen LogP contribution >= 0.6 is 0 Å². The normalized spacial score (nSPS) is 13.0. The van der Waals surface area contributed by atoms with Crippen LogP contribution in [0.25, 0.3) is 21.5 Å². The highest BCUT2D eigenvalue weighted by molar-refractivity contribution is 7.03. The third-order valence-electron chi connectivity index (χ3n) is 18.4. The number of para-hydroxylation sites is 9. The maximum atomic E-state index is 4.05. The summed E-state index contributed by atoms with van der Waals surface area (Å²) in [5, 5.41) is 8.70. The molecule has 4 aliphatic rings. The van der Waals surface area contributed by atoms with E-state index in [9.17, 15) is 0 Å². The van der Waals surface area contributed by atoms with E-state index in [1.807, 2.05) is 0 Å². The maximum Gasteiger partial charge on any atom is 0.252 e. The van der Waals surface area contributed by atoms with Gasteiger partial charge in [-0.2, -0.15) is 0 Å². The molecule has 88 heavy (non-hydrogen) atoms. The molecule has 0 saturated heterocycles. The van der Waals surface area contributed by atoms with Gasteiger partial charge in [0.25, 0.3) is 13.4 Å². The Morgan fingerprint density at radius 1 is 0.250 bits per heavy atom. The van der Waals surface area contributed by atoms with Gasteiger partial charge in [-0.25, -0.2) is 0 Å². The van der Waals surface area contributed by atoms with E-state index >= 15 is 0 Å². The van der Waals surface area contributed by atoms with Crippen LogP contribution in [0.2, 0.25) is 0 Å². The van der Waals surface area contributed by atoms with Gasteiger partial charge < -0.3 is 29.8 Å². The fourth-order valence-corrected chi connectivity index (χ4v) is 14.9. The second-order valence-electron chi connectivity index (χ2n) is 23.3. The lowest BCUT2D eigenvalue weighted by molar-refractivity contribution is 1.25. The third kappa shape index (κ3) is 7.72. The first kappa shape index (κ1) is 49.9. The van der Waals surface area contributed by atoms with Crippen LogP contribution in [0.5, 0.6) is 0 Å². The van der Waals surface area contributed by atoms with E-state index < -0.39 is 0 Å². The highest BCUT2D eigenvalue weighted by atomic mass is 15.2. The molecule has 14 aromatic carbocycles. The van der Waals surface area contributed by atoms with Crippen molar-refractivity contribution in [3.05, 3.63) is 322 Å². The minimum Gasteiger partial charge on any atom is -0.356 e. The summed E-state index contributed by atoms with van der Waals surface area (Å²) >= 11 is 0. The second kappa shape index (κ2) is 20.1. The van der Waals surface area contributed by atoms with Crippen LogP contribution in [-0.4, -0.2) is 13.4 Å². The predicted molar refractivity (Wildman–Crippen MR) is 374 cm³/mol. The predicted octanol–water partition coefficient (Wildman–Crippen LogP) is 17.4. The molecule has 18 rings (SSSR count). The number of nitrogens with one attached hydrogen (secondary N) is 1. The largest absolute Gasteiger partial charge is 0.356 e. The van der Waals surface area contributed by atoms with Gasteiger partial charge in [0.1, 0.15) is 0 Å². The Labute approximate surface area is 512 Å². The van der Waals surface area contributed by atoms with Gasteiger partial charge in [0.2, 0.25) is 0 Å². The van der Waals surface area contributed by atoms with Gasteiger partial charge in [-0.1, -0.05) is 182 Å². The van der Waals surface area contributed by atoms with Crippen LogP contribution < -0.4 is 62.6 Å². The minimum absolute atomic E-state index is 0.102. The van der Waals surface area contributed by atoms with Crippen molar-refractivity contribution < 1.29 is 0 Å². The molecule has 0 saturated carbocycles. The standard InChI is InChI=1S/C80H54B2N6/c1-8-26-56(27-9-1)84(57-28-10-2-11-29-57)63-44-46-65-54(48-63)50-72-77-79(65)87(61-36-18-6-19-37-61)74-53-75-70(52-69(74)81(77)67-40-22-24-42-71(67)83-72)82-68-41-23-25-43-73(68)86(60-34-16-5-17-35-60)76-51-55-49-64(85(58-30-12-3-13-31-58)59-32-14-4-15-33-59)45-47-66(55)80(78(76)82)88(75)62-38-20-7-21-39-62/h1-53,83H. The lowest BCUT2D eigenvalue weighted by atomic mass is 9.30. The SMILES string of the molecule is c1ccc(N(c2ccccc2)c2ccc3c4c5c(cc3c2)Nc2ccccc2B5c2cc3c(cc2N4c2ccccc2)N(c2ccccc2)c2c4c(cc5cc(N(c6ccccc6)c6ccccc6)ccc25)N(c2ccccc2)c2ccccc2B34)cc1. The number of benzene rings is 14. The van der Waals surface area contributed by atoms with Gasteiger partial charge in [0, 0.05) is 96.1 Å². The van der Waals surface area contributed by atoms with Gasteiger partial charge in [0.15, 0.2) is 0 Å². The molecule has 0 radical (unpaired) electrons. The smallest absolute Gasteiger partial charge is 0.252 e. The molecule has 14 aromatic rings. The zero-order chi connectivity index (χ0) is 57.8. The Kier molecular flexibility index (Phi) is 11.4. The molecule has 0 aromatic heterocycles. The quantitative estimate of drug-likeness (QED) is 0.145. The topological polar surface area (TPSA) is 28.2 Å². The van der Waals surface area contributed by atoms with Crippen molar-refractivity contribution in [3.63, 3.8) is 0 Å². The molecule has 1 N–H and O–H groups in total. The summed E-state index contributed by atoms with van der Waals surface area (Å²) in [7, 11) is 0. The fraction of sp³-hybridized carbons (Fsp3) is 0. The molecule has 6 nitrogen and oxygen atoms in total. The number of hydrogen-bond acceptors (Lipinski definition) is 6. The van der Waals surface area contributed by atoms with Gasteiger partial charge in [-0.3, -0.25) is 0 Å². The van der Waals surface area contributed by atoms with E-state index in [-0.39, 0.29) is 13.4 Å². The van der Waals surface area contributed by atoms with Crippen molar-refractivity contribution >= 4 is 164 Å². The first-order valence-corrected chi connectivity index (χ1v) is 30.4. The molecule has 4 aliphatic heterocycles. The van der Waals surface area contributed by atoms with Crippen LogP contribution in [0.1, 0.15) is 0 Å². The molecule has 0 unspecified atom stereocenters. The van der Waals surface area contributed by atoms with Crippen molar-refractivity contribution in [3.8, 4) is 0 Å². The van der Waals surface area contributed by atoms with E-state index in [0.717, 1.165) is 84.7 Å². The fourth-order valence-electron chi connectivity index (χ4n) is 14.9. The van der Waals surface area contributed by atoms with Crippen molar-refractivity contribution in [1.29, 1.82) is 0 Å². The number of anilines is 17. The molecule has 0 spiro atoms. The summed E-state index contributed by atoms with van der Waals surface area (Å²) in [5.41, 5.74) is 26.8. The van der Waals surface area contributed by atoms with Gasteiger partial charge in [0.05, 0.1) is 11.4 Å². The number of hydrogen-bond donors (Lipinski definition) is 1. The zero-order valence-electron chi connectivity index (χ0n) is 48.0. The van der Waals surface area contributed by atoms with Gasteiger partial charge >= 0.3 is 0 Å². The Bertz CT molecular complexity index is 4960. The highest BCUT2D eigenvalue weighted by Gasteiger charge is 2.48. The number of nitrogens with zero attached hydrogens (tertiary/aromatic N) is 5. The van der Waals surface area contributed by atoms with Crippen LogP contribution in [0.3, 0.4) is 0 Å². The highest BCUT2D eigenvalue weighted by Crippen LogP contribution is 2.52. The lowest BCUT2D eigenvalue weighted by Crippen LogP contribution is -2.65. The van der Waals surface area contributed by atoms with Crippen molar-refractivity contribution in [2.75, 3.05) is 29.8 Å². The van der Waals surface area contributed by atoms with Crippen LogP contribution in [0.15, 0.2) is 322 Å². The molecular formula is C80H54B2N6. The first-order chi connectivity index (χ1) is 43.7. The van der Waals surface area contributed by atoms with Crippen LogP contribution in [-0.2, 0) is 0 Å². The average Bonchev–Trinajstić information content (AvgIpc) is 0.694. The average molecular weight is 1120 g/mol. The second-order valence-corrected chi connectivity index (χ2v) is 23.3. The van der Waals surface area contributed by atoms with E-state index in [2.05, 4.69) is 351 Å². The summed E-state index contributed by atoms with van der Waals surface area (Å²) in [6, 6.07) is 118. The Morgan fingerprint density at radius 2 is 0.648 bits per heavy atom. The summed E-state index contributed by atoms with van der Waals surface area (Å²) in [4.78, 5) is 12.5. The molecule has 0 fully saturated rings. The van der Waals surface area contributed by atoms with Gasteiger partial charge in [-0.15, -0.1) is 0 Å². The van der Waals surface area contributed by atoms with E-state index in [1.54, 1.807) is 0 Å². The summed E-state index contributed by atoms with van der Waals surface area (Å²) < 4.78 is 0. The van der Waals surface area contributed by atoms with E-state index in [4.69, 9.17) is 0 Å². The first-order valence-electron chi connectivity index (χ1n) is 30.4. The summed E-state index contributed by atoms with van der Waals surface area (Å²) in [5.74, 6) is 0. The Hall–Kier alpha value is -11.5. The van der Waals surface area contributed by atoms with Crippen molar-refractivity contribution in [1.82, 2.24) is 0 Å². The summed E-state index contributed by atoms with van der Waals surface area (Å²) in [6.45, 7) is -0.236. The molecule has 0 aliphatic carbocycles. The molecule has 4 heterocycles. The monoisotopic (exact) mass is 1120 g/mol. The number of fused-ring (bicyclic) bond motifs is 12. The molecule has 0 bridgehead atoms. The minimum atomic E-state index is -0.133. The zero-order valence-corrected chi connectivity index (χ0v) is 48.0. The number of rotatable bonds is 9. The Balaban J connectivity index is 0.932. The summed E-state index contributed by atoms with van der Waals surface area (Å²) in [6.07, 6.45) is 0. The molecule has 0 atom stereocenters. The Morgan fingerprint density at radius 3 is 1.15 bits per heavy atom. The van der Waals surface area contributed by atoms with Crippen molar-refractivity contribution in [2.24, 2.45) is 0 Å². The lowest BCUT2D eigenvalue weighted by Gasteiger charge is -2.47. The third-order valence-corrected chi connectivity index (χ3v) is 18.4. The van der Waals surface area contributed by atoms with E-state index in [0.29, 0.717) is 0 Å². The molecule has 8 heteroatoms. The molecule has 0 amide bonds.